The summed E-state index contributed by atoms with van der Waals surface area (Å²) < 4.78 is 21.0. The zero-order chi connectivity index (χ0) is 42.3. The highest BCUT2D eigenvalue weighted by molar-refractivity contribution is 7.80. The van der Waals surface area contributed by atoms with Crippen LogP contribution in [0.2, 0.25) is 0 Å². The molecule has 1 heterocycles. The molecule has 1 aliphatic heterocycles. The summed E-state index contributed by atoms with van der Waals surface area (Å²) in [5.74, 6) is 29.2. The minimum atomic E-state index is 0.0787. The molecule has 4 nitrogen and oxygen atoms in total. The summed E-state index contributed by atoms with van der Waals surface area (Å²) in [4.78, 5) is 3.00. The Hall–Kier alpha value is -1.15. The number of rotatable bonds is 13. The average molecular weight is 926 g/mol. The van der Waals surface area contributed by atoms with Crippen LogP contribution in [0.4, 0.5) is 0 Å². The van der Waals surface area contributed by atoms with Crippen molar-refractivity contribution < 1.29 is 14.2 Å². The van der Waals surface area contributed by atoms with Gasteiger partial charge in [-0.25, -0.2) is 0 Å². The Labute approximate surface area is 404 Å². The van der Waals surface area contributed by atoms with Crippen molar-refractivity contribution in [2.45, 2.75) is 76.7 Å². The van der Waals surface area contributed by atoms with Crippen LogP contribution in [0.1, 0.15) is 82.2 Å². The quantitative estimate of drug-likeness (QED) is 0.136. The molecule has 0 bridgehead atoms. The summed E-state index contributed by atoms with van der Waals surface area (Å²) in [7, 11) is 2.60. The van der Waals surface area contributed by atoms with E-state index < -0.39 is 0 Å². The van der Waals surface area contributed by atoms with Gasteiger partial charge in [-0.15, -0.1) is 0 Å². The van der Waals surface area contributed by atoms with E-state index in [1.807, 2.05) is 22.3 Å². The Balaban J connectivity index is 0.926. The number of nitrogens with zero attached hydrogens (tertiary/aromatic N) is 1. The van der Waals surface area contributed by atoms with Gasteiger partial charge in [-0.2, -0.15) is 37.9 Å². The van der Waals surface area contributed by atoms with Crippen LogP contribution in [0.5, 0.6) is 17.2 Å². The molecule has 17 aliphatic rings. The van der Waals surface area contributed by atoms with Crippen molar-refractivity contribution in [1.82, 2.24) is 4.90 Å². The van der Waals surface area contributed by atoms with Crippen molar-refractivity contribution in [3.63, 3.8) is 0 Å². The highest BCUT2D eigenvalue weighted by Crippen LogP contribution is 2.96. The molecular formula is C58H71NO3S3. The lowest BCUT2D eigenvalue weighted by Crippen LogP contribution is -2.67. The van der Waals surface area contributed by atoms with E-state index in [0.29, 0.717) is 19.8 Å². The standard InChI is InChI=1S/C58H71NO3S3/c1-59-23-57-33-14-15-34-31-12-10-29-27-8-6-25-24-5-7-26-28-9-11-30(33)42-40(28)45-38(26)36(24)44-37(25)39(27)46-41(29)43(31)53(51-49(46)47(44)48(45)50(51)52(42)57)58(34,57)56(59)32-13-16-35(60-17-2-20-63)55(62-19-4-22-65)54(32)61-18-3-21-64/h13-16,24-29,36-53,56,63-65H,2-12,17-23H2,1H3. The predicted molar refractivity (Wildman–Crippen MR) is 262 cm³/mol. The van der Waals surface area contributed by atoms with Gasteiger partial charge < -0.3 is 14.2 Å². The van der Waals surface area contributed by atoms with E-state index in [-0.39, 0.29) is 16.9 Å². The second-order valence-corrected chi connectivity index (χ2v) is 27.7. The lowest BCUT2D eigenvalue weighted by molar-refractivity contribution is -0.190. The Morgan fingerprint density at radius 1 is 0.523 bits per heavy atom. The molecule has 2 spiro atoms. The van der Waals surface area contributed by atoms with E-state index in [1.165, 1.54) is 37.8 Å². The van der Waals surface area contributed by atoms with Crippen molar-refractivity contribution in [1.29, 1.82) is 0 Å². The molecule has 1 saturated heterocycles. The summed E-state index contributed by atoms with van der Waals surface area (Å²) in [6.07, 6.45) is 20.8. The number of hydrogen-bond acceptors (Lipinski definition) is 7. The van der Waals surface area contributed by atoms with Gasteiger partial charge in [-0.3, -0.25) is 4.90 Å². The normalized spacial score (nSPS) is 57.9. The predicted octanol–water partition coefficient (Wildman–Crippen LogP) is 11.0. The molecule has 7 heteroatoms. The molecule has 0 amide bonds. The Morgan fingerprint density at radius 3 is 1.62 bits per heavy atom. The van der Waals surface area contributed by atoms with Gasteiger partial charge in [0.05, 0.1) is 19.8 Å². The first-order valence-corrected chi connectivity index (χ1v) is 29.7. The third-order valence-electron chi connectivity index (χ3n) is 26.4. The van der Waals surface area contributed by atoms with Gasteiger partial charge in [-0.05, 0) is 260 Å². The maximum absolute atomic E-state index is 7.29. The number of benzene rings is 1. The van der Waals surface area contributed by atoms with Crippen molar-refractivity contribution in [3.05, 3.63) is 52.1 Å². The van der Waals surface area contributed by atoms with E-state index in [4.69, 9.17) is 26.8 Å². The van der Waals surface area contributed by atoms with E-state index in [9.17, 15) is 0 Å². The maximum Gasteiger partial charge on any atom is 0.203 e. The van der Waals surface area contributed by atoms with E-state index >= 15 is 0 Å². The fourth-order valence-electron chi connectivity index (χ4n) is 27.3. The molecule has 1 aromatic rings. The summed E-state index contributed by atoms with van der Waals surface area (Å²) in [5, 5.41) is 0. The van der Waals surface area contributed by atoms with E-state index in [0.717, 1.165) is 196 Å². The van der Waals surface area contributed by atoms with Crippen LogP contribution >= 0.6 is 37.9 Å². The lowest BCUT2D eigenvalue weighted by Gasteiger charge is -2.69. The third kappa shape index (κ3) is 3.79. The molecule has 1 aromatic carbocycles. The van der Waals surface area contributed by atoms with Gasteiger partial charge in [-0.1, -0.05) is 23.3 Å². The summed E-state index contributed by atoms with van der Waals surface area (Å²) in [6, 6.07) is 5.10. The summed E-state index contributed by atoms with van der Waals surface area (Å²) in [5.41, 5.74) is 9.57. The molecule has 27 atom stereocenters. The minimum Gasteiger partial charge on any atom is -0.490 e. The van der Waals surface area contributed by atoms with Gasteiger partial charge in [0.1, 0.15) is 0 Å². The fraction of sp³-hybridized carbons (Fsp3) is 0.793. The number of hydrogen-bond donors (Lipinski definition) is 3. The first-order chi connectivity index (χ1) is 32.1. The average Bonchev–Trinajstić information content (AvgIpc) is 4.17. The molecule has 344 valence electrons. The van der Waals surface area contributed by atoms with Crippen LogP contribution in [-0.2, 0) is 0 Å². The molecule has 27 unspecified atom stereocenters. The topological polar surface area (TPSA) is 30.9 Å². The third-order valence-corrected chi connectivity index (χ3v) is 27.4. The second kappa shape index (κ2) is 12.7. The number of allylic oxidation sites excluding steroid dienone is 4. The highest BCUT2D eigenvalue weighted by atomic mass is 32.1. The van der Waals surface area contributed by atoms with Crippen LogP contribution in [0.3, 0.4) is 0 Å². The molecule has 0 aromatic heterocycles. The Bertz CT molecular complexity index is 2440. The monoisotopic (exact) mass is 925 g/mol. The van der Waals surface area contributed by atoms with Crippen molar-refractivity contribution in [3.8, 4) is 17.2 Å². The smallest absolute Gasteiger partial charge is 0.203 e. The fourth-order valence-corrected chi connectivity index (χ4v) is 27.7. The van der Waals surface area contributed by atoms with Crippen molar-refractivity contribution >= 4 is 37.9 Å². The van der Waals surface area contributed by atoms with Gasteiger partial charge in [0.25, 0.3) is 0 Å². The number of ether oxygens (including phenoxy) is 3. The second-order valence-electron chi connectivity index (χ2n) is 26.4. The molecule has 16 aliphatic carbocycles. The van der Waals surface area contributed by atoms with Crippen LogP contribution in [0, 0.1) is 153 Å². The number of thiol groups is 3. The van der Waals surface area contributed by atoms with Crippen LogP contribution in [0.15, 0.2) is 46.6 Å². The lowest BCUT2D eigenvalue weighted by atomic mass is 9.33. The van der Waals surface area contributed by atoms with Gasteiger partial charge in [0.2, 0.25) is 5.75 Å². The SMILES string of the molecule is CN1CC23C4=C5CCC6C7CCC8C9CCC%10C%11CCC%12=C(C=C4)C2(C2C%12C%11C4C%10C9C9C8C7C7C6C5C3C3C7C9C4C32)C1c1ccc(OCCCS)c(OCCCS)c1OCCCS. The van der Waals surface area contributed by atoms with Gasteiger partial charge in [0.15, 0.2) is 11.5 Å². The Kier molecular flexibility index (Phi) is 7.51. The number of likely N-dealkylation sites (tertiary alicyclic amines) is 1. The summed E-state index contributed by atoms with van der Waals surface area (Å²) >= 11 is 13.9. The van der Waals surface area contributed by atoms with Gasteiger partial charge >= 0.3 is 0 Å². The largest absolute Gasteiger partial charge is 0.490 e. The molecule has 13 saturated carbocycles. The first kappa shape index (κ1) is 38.6. The molecule has 0 radical (unpaired) electrons. The zero-order valence-corrected chi connectivity index (χ0v) is 41.2. The van der Waals surface area contributed by atoms with Crippen LogP contribution in [-0.4, -0.2) is 55.6 Å². The first-order valence-electron chi connectivity index (χ1n) is 27.8. The molecule has 0 N–H and O–H groups in total. The van der Waals surface area contributed by atoms with Crippen LogP contribution in [0.25, 0.3) is 0 Å². The van der Waals surface area contributed by atoms with Crippen LogP contribution < -0.4 is 14.2 Å². The van der Waals surface area contributed by atoms with Gasteiger partial charge in [0, 0.05) is 29.0 Å². The molecule has 18 rings (SSSR count). The maximum atomic E-state index is 7.29. The molecule has 65 heavy (non-hydrogen) atoms. The summed E-state index contributed by atoms with van der Waals surface area (Å²) in [6.45, 7) is 3.14. The van der Waals surface area contributed by atoms with E-state index in [1.54, 1.807) is 25.7 Å². The highest BCUT2D eigenvalue weighted by Gasteiger charge is 2.93. The molecular weight excluding hydrogens is 855 g/mol. The zero-order valence-electron chi connectivity index (χ0n) is 38.5. The minimum absolute atomic E-state index is 0.0787. The molecule has 14 fully saturated rings. The van der Waals surface area contributed by atoms with E-state index in [2.05, 4.69) is 61.5 Å². The van der Waals surface area contributed by atoms with Crippen molar-refractivity contribution in [2.24, 2.45) is 153 Å². The Morgan fingerprint density at radius 2 is 1.00 bits per heavy atom. The number of fused-ring (bicyclic) bond motifs is 3. The van der Waals surface area contributed by atoms with Crippen molar-refractivity contribution in [2.75, 3.05) is 50.7 Å².